The third-order valence-electron chi connectivity index (χ3n) is 2.75. The van der Waals surface area contributed by atoms with E-state index < -0.39 is 0 Å². The lowest BCUT2D eigenvalue weighted by Gasteiger charge is -2.13. The Bertz CT molecular complexity index is 588. The van der Waals surface area contributed by atoms with Gasteiger partial charge in [-0.15, -0.1) is 0 Å². The van der Waals surface area contributed by atoms with Crippen molar-refractivity contribution in [2.45, 2.75) is 26.4 Å². The van der Waals surface area contributed by atoms with Crippen molar-refractivity contribution in [1.82, 2.24) is 9.97 Å². The number of nitrogens with zero attached hydrogens (tertiary/aromatic N) is 2. The van der Waals surface area contributed by atoms with Crippen LogP contribution in [0.25, 0.3) is 0 Å². The molecule has 5 heteroatoms. The number of hydrogen-bond acceptors (Lipinski definition) is 4. The normalized spacial score (nSPS) is 10.8. The molecule has 0 aliphatic heterocycles. The highest BCUT2D eigenvalue weighted by Gasteiger charge is 2.10. The van der Waals surface area contributed by atoms with Crippen LogP contribution < -0.4 is 4.74 Å². The Morgan fingerprint density at radius 1 is 1.20 bits per heavy atom. The zero-order valence-electron chi connectivity index (χ0n) is 11.8. The molecular weight excluding hydrogens is 276 g/mol. The van der Waals surface area contributed by atoms with Gasteiger partial charge in [-0.3, -0.25) is 0 Å². The molecule has 1 aromatic carbocycles. The smallest absolute Gasteiger partial charge is 0.224 e. The largest absolute Gasteiger partial charge is 0.439 e. The van der Waals surface area contributed by atoms with Crippen molar-refractivity contribution in [2.24, 2.45) is 0 Å². The summed E-state index contributed by atoms with van der Waals surface area (Å²) >= 11 is 5.97. The maximum atomic E-state index is 5.97. The first-order valence-electron chi connectivity index (χ1n) is 6.39. The first kappa shape index (κ1) is 14.8. The van der Waals surface area contributed by atoms with Gasteiger partial charge in [0.1, 0.15) is 17.5 Å². The summed E-state index contributed by atoms with van der Waals surface area (Å²) in [6.07, 6.45) is 0. The summed E-state index contributed by atoms with van der Waals surface area (Å²) in [4.78, 5) is 8.35. The second kappa shape index (κ2) is 6.68. The van der Waals surface area contributed by atoms with Crippen molar-refractivity contribution in [1.29, 1.82) is 0 Å². The number of benzene rings is 1. The number of methoxy groups -OCH3 is 1. The minimum atomic E-state index is 0.294. The molecule has 0 unspecified atom stereocenters. The molecule has 4 nitrogen and oxygen atoms in total. The topological polar surface area (TPSA) is 44.2 Å². The van der Waals surface area contributed by atoms with E-state index >= 15 is 0 Å². The van der Waals surface area contributed by atoms with Crippen molar-refractivity contribution in [2.75, 3.05) is 7.11 Å². The van der Waals surface area contributed by atoms with Crippen LogP contribution in [0.1, 0.15) is 31.2 Å². The van der Waals surface area contributed by atoms with E-state index in [1.54, 1.807) is 13.2 Å². The second-order valence-corrected chi connectivity index (χ2v) is 5.06. The molecule has 0 aliphatic rings. The molecule has 0 fully saturated rings. The van der Waals surface area contributed by atoms with Crippen molar-refractivity contribution in [3.05, 3.63) is 46.9 Å². The highest BCUT2D eigenvalue weighted by atomic mass is 35.5. The van der Waals surface area contributed by atoms with Gasteiger partial charge in [0.25, 0.3) is 0 Å². The van der Waals surface area contributed by atoms with E-state index in [0.29, 0.717) is 29.4 Å². The van der Waals surface area contributed by atoms with E-state index in [2.05, 4.69) is 23.8 Å². The van der Waals surface area contributed by atoms with Crippen LogP contribution in [0.2, 0.25) is 5.15 Å². The average molecular weight is 293 g/mol. The molecule has 0 spiro atoms. The van der Waals surface area contributed by atoms with Crippen molar-refractivity contribution in [3.8, 4) is 11.6 Å². The van der Waals surface area contributed by atoms with Crippen LogP contribution in [0.15, 0.2) is 30.3 Å². The van der Waals surface area contributed by atoms with Crippen LogP contribution in [-0.4, -0.2) is 17.1 Å². The molecular formula is C15H17ClN2O2. The number of hydrogen-bond donors (Lipinski definition) is 0. The van der Waals surface area contributed by atoms with E-state index in [1.165, 1.54) is 0 Å². The minimum Gasteiger partial charge on any atom is -0.439 e. The van der Waals surface area contributed by atoms with Gasteiger partial charge in [-0.05, 0) is 17.5 Å². The quantitative estimate of drug-likeness (QED) is 0.775. The highest BCUT2D eigenvalue weighted by Crippen LogP contribution is 2.30. The van der Waals surface area contributed by atoms with E-state index in [9.17, 15) is 0 Å². The van der Waals surface area contributed by atoms with Gasteiger partial charge < -0.3 is 9.47 Å². The number of ether oxygens (including phenoxy) is 2. The summed E-state index contributed by atoms with van der Waals surface area (Å²) in [7, 11) is 1.58. The van der Waals surface area contributed by atoms with Gasteiger partial charge in [0.05, 0.1) is 0 Å². The summed E-state index contributed by atoms with van der Waals surface area (Å²) in [5.74, 6) is 2.06. The molecule has 2 rings (SSSR count). The molecule has 1 aromatic heterocycles. The fraction of sp³-hybridized carbons (Fsp3) is 0.333. The lowest BCUT2D eigenvalue weighted by atomic mass is 10.0. The SMILES string of the molecule is COCc1nc(Cl)cc(Oc2ccccc2C(C)C)n1. The number of aromatic nitrogens is 2. The maximum absolute atomic E-state index is 5.97. The van der Waals surface area contributed by atoms with Crippen LogP contribution in [0.5, 0.6) is 11.6 Å². The van der Waals surface area contributed by atoms with Gasteiger partial charge in [-0.2, -0.15) is 4.98 Å². The van der Waals surface area contributed by atoms with Crippen LogP contribution in [-0.2, 0) is 11.3 Å². The molecule has 106 valence electrons. The molecule has 0 aliphatic carbocycles. The summed E-state index contributed by atoms with van der Waals surface area (Å²) < 4.78 is 10.9. The molecule has 0 saturated carbocycles. The Hall–Kier alpha value is -1.65. The number of rotatable bonds is 5. The Kier molecular flexibility index (Phi) is 4.93. The standard InChI is InChI=1S/C15H17ClN2O2/c1-10(2)11-6-4-5-7-12(11)20-15-8-13(16)17-14(18-15)9-19-3/h4-8,10H,9H2,1-3H3. The second-order valence-electron chi connectivity index (χ2n) is 4.67. The van der Waals surface area contributed by atoms with E-state index in [1.807, 2.05) is 24.3 Å². The average Bonchev–Trinajstić information content (AvgIpc) is 2.38. The lowest BCUT2D eigenvalue weighted by Crippen LogP contribution is -2.00. The zero-order chi connectivity index (χ0) is 14.5. The van der Waals surface area contributed by atoms with Crippen LogP contribution in [0.4, 0.5) is 0 Å². The predicted octanol–water partition coefficient (Wildman–Crippen LogP) is 4.19. The van der Waals surface area contributed by atoms with Crippen molar-refractivity contribution >= 4 is 11.6 Å². The molecule has 20 heavy (non-hydrogen) atoms. The molecule has 0 saturated heterocycles. The highest BCUT2D eigenvalue weighted by molar-refractivity contribution is 6.29. The maximum Gasteiger partial charge on any atom is 0.224 e. The summed E-state index contributed by atoms with van der Waals surface area (Å²) in [5.41, 5.74) is 1.12. The third-order valence-corrected chi connectivity index (χ3v) is 2.94. The van der Waals surface area contributed by atoms with E-state index in [4.69, 9.17) is 21.1 Å². The van der Waals surface area contributed by atoms with Crippen LogP contribution in [0, 0.1) is 0 Å². The zero-order valence-corrected chi connectivity index (χ0v) is 12.5. The lowest BCUT2D eigenvalue weighted by molar-refractivity contribution is 0.177. The molecule has 0 amide bonds. The van der Waals surface area contributed by atoms with Crippen molar-refractivity contribution in [3.63, 3.8) is 0 Å². The molecule has 2 aromatic rings. The Morgan fingerprint density at radius 3 is 2.65 bits per heavy atom. The van der Waals surface area contributed by atoms with Gasteiger partial charge in [-0.25, -0.2) is 4.98 Å². The molecule has 1 heterocycles. The van der Waals surface area contributed by atoms with Crippen molar-refractivity contribution < 1.29 is 9.47 Å². The van der Waals surface area contributed by atoms with Gasteiger partial charge >= 0.3 is 0 Å². The Labute approximate surface area is 123 Å². The van der Waals surface area contributed by atoms with Gasteiger partial charge in [0, 0.05) is 13.2 Å². The Morgan fingerprint density at radius 2 is 1.95 bits per heavy atom. The minimum absolute atomic E-state index is 0.294. The van der Waals surface area contributed by atoms with Gasteiger partial charge in [-0.1, -0.05) is 43.6 Å². The molecule has 0 atom stereocenters. The number of para-hydroxylation sites is 1. The molecule has 0 N–H and O–H groups in total. The van der Waals surface area contributed by atoms with E-state index in [-0.39, 0.29) is 0 Å². The Balaban J connectivity index is 2.30. The van der Waals surface area contributed by atoms with Gasteiger partial charge in [0.2, 0.25) is 5.88 Å². The predicted molar refractivity (Wildman–Crippen MR) is 78.4 cm³/mol. The van der Waals surface area contributed by atoms with Crippen LogP contribution in [0.3, 0.4) is 0 Å². The van der Waals surface area contributed by atoms with Crippen LogP contribution >= 0.6 is 11.6 Å². The van der Waals surface area contributed by atoms with Gasteiger partial charge in [0.15, 0.2) is 5.82 Å². The molecule has 0 bridgehead atoms. The fourth-order valence-electron chi connectivity index (χ4n) is 1.85. The first-order valence-corrected chi connectivity index (χ1v) is 6.77. The first-order chi connectivity index (χ1) is 9.60. The number of halogens is 1. The molecule has 0 radical (unpaired) electrons. The summed E-state index contributed by atoms with van der Waals surface area (Å²) in [6, 6.07) is 9.48. The summed E-state index contributed by atoms with van der Waals surface area (Å²) in [6.45, 7) is 4.53. The van der Waals surface area contributed by atoms with E-state index in [0.717, 1.165) is 11.3 Å². The fourth-order valence-corrected chi connectivity index (χ4v) is 2.04. The monoisotopic (exact) mass is 292 g/mol. The summed E-state index contributed by atoms with van der Waals surface area (Å²) in [5, 5.41) is 0.337. The third kappa shape index (κ3) is 3.68.